The van der Waals surface area contributed by atoms with E-state index in [1.807, 2.05) is 6.08 Å². The first-order chi connectivity index (χ1) is 11.4. The first-order valence-corrected chi connectivity index (χ1v) is 8.24. The van der Waals surface area contributed by atoms with Gasteiger partial charge in [-0.25, -0.2) is 0 Å². The van der Waals surface area contributed by atoms with Gasteiger partial charge in [0.1, 0.15) is 0 Å². The summed E-state index contributed by atoms with van der Waals surface area (Å²) in [7, 11) is 0. The minimum Gasteiger partial charge on any atom is -0.384 e. The Balaban J connectivity index is 1.84. The number of para-hydroxylation sites is 1. The van der Waals surface area contributed by atoms with Crippen molar-refractivity contribution in [3.63, 3.8) is 0 Å². The Labute approximate surface area is 139 Å². The zero-order chi connectivity index (χ0) is 15.9. The van der Waals surface area contributed by atoms with E-state index in [0.29, 0.717) is 5.92 Å². The summed E-state index contributed by atoms with van der Waals surface area (Å²) in [5, 5.41) is 3.64. The van der Waals surface area contributed by atoms with Gasteiger partial charge in [-0.1, -0.05) is 72.8 Å². The molecule has 0 saturated heterocycles. The Morgan fingerprint density at radius 2 is 1.78 bits per heavy atom. The molecule has 0 heterocycles. The van der Waals surface area contributed by atoms with Gasteiger partial charge in [0.25, 0.3) is 0 Å². The summed E-state index contributed by atoms with van der Waals surface area (Å²) >= 11 is 0. The van der Waals surface area contributed by atoms with Crippen LogP contribution in [-0.4, -0.2) is 6.54 Å². The maximum atomic E-state index is 3.88. The van der Waals surface area contributed by atoms with Crippen molar-refractivity contribution in [1.82, 2.24) is 0 Å². The van der Waals surface area contributed by atoms with Crippen LogP contribution in [0.3, 0.4) is 0 Å². The molecule has 0 aliphatic heterocycles. The fourth-order valence-corrected chi connectivity index (χ4v) is 3.01. The number of rotatable bonds is 6. The van der Waals surface area contributed by atoms with Gasteiger partial charge in [-0.15, -0.1) is 6.58 Å². The van der Waals surface area contributed by atoms with Gasteiger partial charge in [0.2, 0.25) is 0 Å². The largest absolute Gasteiger partial charge is 0.384 e. The molecule has 0 aromatic heterocycles. The molecule has 0 saturated carbocycles. The monoisotopic (exact) mass is 301 g/mol. The van der Waals surface area contributed by atoms with Crippen molar-refractivity contribution in [1.29, 1.82) is 0 Å². The number of allylic oxidation sites excluding steroid dienone is 4. The highest BCUT2D eigenvalue weighted by Gasteiger charge is 2.10. The summed E-state index contributed by atoms with van der Waals surface area (Å²) in [6.45, 7) is 4.84. The molecule has 1 atom stereocenters. The third-order valence-electron chi connectivity index (χ3n) is 4.22. The van der Waals surface area contributed by atoms with Crippen molar-refractivity contribution in [3.8, 4) is 11.1 Å². The van der Waals surface area contributed by atoms with Crippen LogP contribution in [0.15, 0.2) is 85.5 Å². The van der Waals surface area contributed by atoms with Gasteiger partial charge >= 0.3 is 0 Å². The van der Waals surface area contributed by atoms with Crippen LogP contribution in [0.1, 0.15) is 12.0 Å². The minimum atomic E-state index is 0.566. The Hall–Kier alpha value is -2.54. The highest BCUT2D eigenvalue weighted by atomic mass is 14.9. The molecule has 0 bridgehead atoms. The van der Waals surface area contributed by atoms with Crippen LogP contribution in [0.2, 0.25) is 0 Å². The maximum Gasteiger partial charge on any atom is 0.0420 e. The SMILES string of the molecule is C=CCc1ccccc1-c1ccccc1NCC1C=CC=CC1. The van der Waals surface area contributed by atoms with E-state index in [-0.39, 0.29) is 0 Å². The number of nitrogens with one attached hydrogen (secondary N) is 1. The van der Waals surface area contributed by atoms with Crippen LogP contribution in [0.25, 0.3) is 11.1 Å². The molecule has 1 nitrogen and oxygen atoms in total. The molecule has 1 N–H and O–H groups in total. The smallest absolute Gasteiger partial charge is 0.0420 e. The zero-order valence-electron chi connectivity index (χ0n) is 13.4. The van der Waals surface area contributed by atoms with Gasteiger partial charge in [0.05, 0.1) is 0 Å². The van der Waals surface area contributed by atoms with E-state index in [1.165, 1.54) is 22.4 Å². The molecular weight excluding hydrogens is 278 g/mol. The van der Waals surface area contributed by atoms with Gasteiger partial charge < -0.3 is 5.32 Å². The van der Waals surface area contributed by atoms with Crippen molar-refractivity contribution in [3.05, 3.63) is 91.1 Å². The van der Waals surface area contributed by atoms with Crippen LogP contribution < -0.4 is 5.32 Å². The molecule has 0 spiro atoms. The second-order valence-electron chi connectivity index (χ2n) is 5.89. The molecule has 1 unspecified atom stereocenters. The van der Waals surface area contributed by atoms with E-state index in [1.54, 1.807) is 0 Å². The fourth-order valence-electron chi connectivity index (χ4n) is 3.01. The predicted molar refractivity (Wildman–Crippen MR) is 101 cm³/mol. The van der Waals surface area contributed by atoms with Crippen LogP contribution in [0.4, 0.5) is 5.69 Å². The predicted octanol–water partition coefficient (Wildman–Crippen LogP) is 5.63. The lowest BCUT2D eigenvalue weighted by Gasteiger charge is -2.18. The molecule has 2 aromatic carbocycles. The molecule has 23 heavy (non-hydrogen) atoms. The van der Waals surface area contributed by atoms with E-state index in [9.17, 15) is 0 Å². The van der Waals surface area contributed by atoms with Crippen molar-refractivity contribution in [2.45, 2.75) is 12.8 Å². The molecule has 116 valence electrons. The lowest BCUT2D eigenvalue weighted by atomic mass is 9.95. The van der Waals surface area contributed by atoms with Gasteiger partial charge in [-0.05, 0) is 36.0 Å². The number of anilines is 1. The quantitative estimate of drug-likeness (QED) is 0.682. The first-order valence-electron chi connectivity index (χ1n) is 8.24. The van der Waals surface area contributed by atoms with Crippen molar-refractivity contribution >= 4 is 5.69 Å². The third kappa shape index (κ3) is 3.81. The molecule has 1 aliphatic rings. The Bertz CT molecular complexity index is 724. The van der Waals surface area contributed by atoms with E-state index in [2.05, 4.69) is 84.7 Å². The molecule has 0 amide bonds. The lowest BCUT2D eigenvalue weighted by molar-refractivity contribution is 0.692. The van der Waals surface area contributed by atoms with Gasteiger partial charge in [0.15, 0.2) is 0 Å². The van der Waals surface area contributed by atoms with Crippen molar-refractivity contribution in [2.75, 3.05) is 11.9 Å². The van der Waals surface area contributed by atoms with E-state index >= 15 is 0 Å². The highest BCUT2D eigenvalue weighted by Crippen LogP contribution is 2.31. The fraction of sp³-hybridized carbons (Fsp3) is 0.182. The normalized spacial score (nSPS) is 16.3. The molecule has 0 radical (unpaired) electrons. The first kappa shape index (κ1) is 15.4. The molecule has 0 fully saturated rings. The third-order valence-corrected chi connectivity index (χ3v) is 4.22. The number of hydrogen-bond donors (Lipinski definition) is 1. The average Bonchev–Trinajstić information content (AvgIpc) is 2.62. The summed E-state index contributed by atoms with van der Waals surface area (Å²) in [5.41, 5.74) is 5.07. The van der Waals surface area contributed by atoms with Crippen LogP contribution >= 0.6 is 0 Å². The second kappa shape index (κ2) is 7.64. The lowest BCUT2D eigenvalue weighted by Crippen LogP contribution is -2.13. The molecule has 3 rings (SSSR count). The van der Waals surface area contributed by atoms with Crippen LogP contribution in [-0.2, 0) is 6.42 Å². The molecule has 1 heteroatoms. The van der Waals surface area contributed by atoms with Gasteiger partial charge in [0, 0.05) is 17.8 Å². The Kier molecular flexibility index (Phi) is 5.10. The molecule has 1 aliphatic carbocycles. The van der Waals surface area contributed by atoms with E-state index in [0.717, 1.165) is 19.4 Å². The summed E-state index contributed by atoms with van der Waals surface area (Å²) in [6, 6.07) is 17.1. The van der Waals surface area contributed by atoms with E-state index in [4.69, 9.17) is 0 Å². The summed E-state index contributed by atoms with van der Waals surface area (Å²) < 4.78 is 0. The number of hydrogen-bond acceptors (Lipinski definition) is 1. The summed E-state index contributed by atoms with van der Waals surface area (Å²) in [5.74, 6) is 0.566. The molecule has 2 aromatic rings. The van der Waals surface area contributed by atoms with Crippen molar-refractivity contribution < 1.29 is 0 Å². The average molecular weight is 301 g/mol. The second-order valence-corrected chi connectivity index (χ2v) is 5.89. The topological polar surface area (TPSA) is 12.0 Å². The highest BCUT2D eigenvalue weighted by molar-refractivity contribution is 5.80. The van der Waals surface area contributed by atoms with Gasteiger partial charge in [-0.3, -0.25) is 0 Å². The zero-order valence-corrected chi connectivity index (χ0v) is 13.4. The summed E-state index contributed by atoms with van der Waals surface area (Å²) in [4.78, 5) is 0. The maximum absolute atomic E-state index is 3.88. The van der Waals surface area contributed by atoms with Crippen LogP contribution in [0, 0.1) is 5.92 Å². The van der Waals surface area contributed by atoms with Crippen molar-refractivity contribution in [2.24, 2.45) is 5.92 Å². The Morgan fingerprint density at radius 3 is 2.57 bits per heavy atom. The van der Waals surface area contributed by atoms with Crippen LogP contribution in [0.5, 0.6) is 0 Å². The van der Waals surface area contributed by atoms with E-state index < -0.39 is 0 Å². The number of benzene rings is 2. The van der Waals surface area contributed by atoms with Gasteiger partial charge in [-0.2, -0.15) is 0 Å². The Morgan fingerprint density at radius 1 is 1.00 bits per heavy atom. The summed E-state index contributed by atoms with van der Waals surface area (Å²) in [6.07, 6.45) is 12.7. The molecular formula is C22H23N. The minimum absolute atomic E-state index is 0.566. The standard InChI is InChI=1S/C22H23N/c1-2-10-19-13-6-7-14-20(19)21-15-8-9-16-22(21)23-17-18-11-4-3-5-12-18/h2-9,11,13-16,18,23H,1,10,12,17H2.